The van der Waals surface area contributed by atoms with E-state index in [1.165, 1.54) is 0 Å². The molecule has 0 saturated carbocycles. The molecule has 0 amide bonds. The number of esters is 1. The van der Waals surface area contributed by atoms with Crippen LogP contribution in [-0.4, -0.2) is 43.2 Å². The van der Waals surface area contributed by atoms with Crippen LogP contribution in [0.4, 0.5) is 0 Å². The molecule has 1 aliphatic heterocycles. The predicted molar refractivity (Wildman–Crippen MR) is 92.2 cm³/mol. The zero-order valence-electron chi connectivity index (χ0n) is 14.5. The third-order valence-electron chi connectivity index (χ3n) is 4.22. The summed E-state index contributed by atoms with van der Waals surface area (Å²) in [6, 6.07) is 7.12. The van der Waals surface area contributed by atoms with E-state index < -0.39 is 21.9 Å². The Labute approximate surface area is 151 Å². The van der Waals surface area contributed by atoms with Gasteiger partial charge in [0.2, 0.25) is 5.89 Å². The number of carbonyl (C=O) groups excluding carboxylic acids is 1. The first-order valence-corrected chi connectivity index (χ1v) is 10.1. The van der Waals surface area contributed by atoms with E-state index in [1.807, 2.05) is 0 Å². The lowest BCUT2D eigenvalue weighted by molar-refractivity contribution is -0.150. The summed E-state index contributed by atoms with van der Waals surface area (Å²) in [5.74, 6) is 0.731. The number of ether oxygens (including phenoxy) is 2. The summed E-state index contributed by atoms with van der Waals surface area (Å²) in [6.07, 6.45) is -0.142. The van der Waals surface area contributed by atoms with Gasteiger partial charge in [-0.25, -0.2) is 8.42 Å². The molecule has 1 aliphatic rings. The van der Waals surface area contributed by atoms with E-state index in [4.69, 9.17) is 13.9 Å². The predicted octanol–water partition coefficient (Wildman–Crippen LogP) is 2.17. The topological polar surface area (TPSA) is 109 Å². The number of sulfone groups is 1. The van der Waals surface area contributed by atoms with E-state index in [2.05, 4.69) is 10.2 Å². The average molecular weight is 380 g/mol. The minimum atomic E-state index is -3.01. The van der Waals surface area contributed by atoms with E-state index in [9.17, 15) is 13.2 Å². The van der Waals surface area contributed by atoms with E-state index in [1.54, 1.807) is 38.3 Å². The highest BCUT2D eigenvalue weighted by atomic mass is 32.2. The van der Waals surface area contributed by atoms with E-state index in [-0.39, 0.29) is 29.7 Å². The molecule has 140 valence electrons. The lowest BCUT2D eigenvalue weighted by Gasteiger charge is -2.11. The van der Waals surface area contributed by atoms with Crippen molar-refractivity contribution < 1.29 is 27.1 Å². The molecule has 2 unspecified atom stereocenters. The second-order valence-corrected chi connectivity index (χ2v) is 8.51. The van der Waals surface area contributed by atoms with Crippen LogP contribution in [0.2, 0.25) is 0 Å². The number of benzene rings is 1. The molecule has 1 aromatic carbocycles. The van der Waals surface area contributed by atoms with Crippen molar-refractivity contribution in [1.29, 1.82) is 0 Å². The van der Waals surface area contributed by atoms with E-state index in [0.29, 0.717) is 18.1 Å². The van der Waals surface area contributed by atoms with Crippen LogP contribution in [0.1, 0.15) is 31.8 Å². The summed E-state index contributed by atoms with van der Waals surface area (Å²) in [4.78, 5) is 12.0. The number of hydrogen-bond donors (Lipinski definition) is 0. The van der Waals surface area contributed by atoms with Crippen LogP contribution in [0.25, 0.3) is 11.5 Å². The van der Waals surface area contributed by atoms with Gasteiger partial charge in [-0.3, -0.25) is 4.79 Å². The Morgan fingerprint density at radius 3 is 2.65 bits per heavy atom. The lowest BCUT2D eigenvalue weighted by atomic mass is 10.1. The van der Waals surface area contributed by atoms with Crippen LogP contribution in [0.5, 0.6) is 5.75 Å². The number of aromatic nitrogens is 2. The Balaban J connectivity index is 1.59. The monoisotopic (exact) mass is 380 g/mol. The van der Waals surface area contributed by atoms with Crippen LogP contribution < -0.4 is 4.74 Å². The number of carbonyl (C=O) groups is 1. The highest BCUT2D eigenvalue weighted by Gasteiger charge is 2.30. The summed E-state index contributed by atoms with van der Waals surface area (Å²) in [7, 11) is -1.43. The molecule has 0 radical (unpaired) electrons. The van der Waals surface area contributed by atoms with E-state index >= 15 is 0 Å². The molecular formula is C17H20N2O6S. The molecule has 26 heavy (non-hydrogen) atoms. The van der Waals surface area contributed by atoms with Crippen molar-refractivity contribution in [3.05, 3.63) is 30.2 Å². The van der Waals surface area contributed by atoms with Crippen LogP contribution in [-0.2, 0) is 19.4 Å². The smallest absolute Gasteiger partial charge is 0.306 e. The highest BCUT2D eigenvalue weighted by Crippen LogP contribution is 2.26. The molecule has 8 nitrogen and oxygen atoms in total. The summed E-state index contributed by atoms with van der Waals surface area (Å²) in [5.41, 5.74) is 0.722. The van der Waals surface area contributed by atoms with Crippen LogP contribution in [0.15, 0.2) is 28.7 Å². The SMILES string of the molecule is COc1ccc(-c2nnc(C(C)OC(=O)CC3CCS(=O)(=O)C3)o2)cc1. The number of methoxy groups -OCH3 is 1. The van der Waals surface area contributed by atoms with Gasteiger partial charge in [0.25, 0.3) is 5.89 Å². The van der Waals surface area contributed by atoms with Gasteiger partial charge in [-0.15, -0.1) is 10.2 Å². The quantitative estimate of drug-likeness (QED) is 0.702. The van der Waals surface area contributed by atoms with Crippen molar-refractivity contribution in [2.45, 2.75) is 25.9 Å². The van der Waals surface area contributed by atoms with Crippen LogP contribution in [0.3, 0.4) is 0 Å². The second kappa shape index (κ2) is 7.45. The molecular weight excluding hydrogens is 360 g/mol. The third-order valence-corrected chi connectivity index (χ3v) is 6.05. The largest absolute Gasteiger partial charge is 0.497 e. The van der Waals surface area contributed by atoms with Gasteiger partial charge in [0.15, 0.2) is 15.9 Å². The van der Waals surface area contributed by atoms with Gasteiger partial charge in [0, 0.05) is 12.0 Å². The van der Waals surface area contributed by atoms with Crippen molar-refractivity contribution in [3.8, 4) is 17.2 Å². The first-order chi connectivity index (χ1) is 12.4. The molecule has 9 heteroatoms. The Hall–Kier alpha value is -2.42. The fraction of sp³-hybridized carbons (Fsp3) is 0.471. The maximum atomic E-state index is 12.0. The van der Waals surface area contributed by atoms with Gasteiger partial charge in [0.1, 0.15) is 5.75 Å². The Morgan fingerprint density at radius 2 is 2.04 bits per heavy atom. The van der Waals surface area contributed by atoms with Crippen molar-refractivity contribution in [2.24, 2.45) is 5.92 Å². The molecule has 3 rings (SSSR count). The molecule has 2 aromatic rings. The van der Waals surface area contributed by atoms with Crippen LogP contribution in [0, 0.1) is 5.92 Å². The molecule has 2 heterocycles. The number of nitrogens with zero attached hydrogens (tertiary/aromatic N) is 2. The third kappa shape index (κ3) is 4.40. The maximum absolute atomic E-state index is 12.0. The van der Waals surface area contributed by atoms with Gasteiger partial charge in [-0.05, 0) is 43.5 Å². The van der Waals surface area contributed by atoms with Crippen molar-refractivity contribution in [2.75, 3.05) is 18.6 Å². The zero-order chi connectivity index (χ0) is 18.7. The molecule has 0 spiro atoms. The number of hydrogen-bond acceptors (Lipinski definition) is 8. The fourth-order valence-electron chi connectivity index (χ4n) is 2.81. The van der Waals surface area contributed by atoms with Crippen LogP contribution >= 0.6 is 0 Å². The average Bonchev–Trinajstić information content (AvgIpc) is 3.21. The van der Waals surface area contributed by atoms with Crippen molar-refractivity contribution in [1.82, 2.24) is 10.2 Å². The molecule has 1 aromatic heterocycles. The van der Waals surface area contributed by atoms with Gasteiger partial charge in [0.05, 0.1) is 18.6 Å². The lowest BCUT2D eigenvalue weighted by Crippen LogP contribution is -2.15. The standard InChI is InChI=1S/C17H20N2O6S/c1-11(24-15(20)9-12-7-8-26(21,22)10-12)16-18-19-17(25-16)13-3-5-14(23-2)6-4-13/h3-6,11-12H,7-10H2,1-2H3. The zero-order valence-corrected chi connectivity index (χ0v) is 15.4. The minimum absolute atomic E-state index is 0.0403. The van der Waals surface area contributed by atoms with Gasteiger partial charge in [-0.1, -0.05) is 0 Å². The first-order valence-electron chi connectivity index (χ1n) is 8.24. The normalized spacial score (nSPS) is 19.8. The number of rotatable bonds is 6. The summed E-state index contributed by atoms with van der Waals surface area (Å²) < 4.78 is 38.9. The first kappa shape index (κ1) is 18.4. The Morgan fingerprint density at radius 1 is 1.31 bits per heavy atom. The van der Waals surface area contributed by atoms with Crippen molar-refractivity contribution >= 4 is 15.8 Å². The Bertz CT molecular complexity index is 875. The Kier molecular flexibility index (Phi) is 5.26. The molecule has 1 fully saturated rings. The molecule has 2 atom stereocenters. The highest BCUT2D eigenvalue weighted by molar-refractivity contribution is 7.91. The molecule has 0 aliphatic carbocycles. The molecule has 0 N–H and O–H groups in total. The minimum Gasteiger partial charge on any atom is -0.497 e. The van der Waals surface area contributed by atoms with Gasteiger partial charge >= 0.3 is 5.97 Å². The second-order valence-electron chi connectivity index (χ2n) is 6.28. The summed E-state index contributed by atoms with van der Waals surface area (Å²) >= 11 is 0. The van der Waals surface area contributed by atoms with Gasteiger partial charge in [-0.2, -0.15) is 0 Å². The summed E-state index contributed by atoms with van der Waals surface area (Å²) in [6.45, 7) is 1.63. The fourth-order valence-corrected chi connectivity index (χ4v) is 4.68. The van der Waals surface area contributed by atoms with Gasteiger partial charge < -0.3 is 13.9 Å². The molecule has 0 bridgehead atoms. The van der Waals surface area contributed by atoms with E-state index in [0.717, 1.165) is 5.56 Å². The molecule has 1 saturated heterocycles. The summed E-state index contributed by atoms with van der Waals surface area (Å²) in [5, 5.41) is 7.89. The maximum Gasteiger partial charge on any atom is 0.306 e. The van der Waals surface area contributed by atoms with Crippen molar-refractivity contribution in [3.63, 3.8) is 0 Å².